The van der Waals surface area contributed by atoms with E-state index in [1.54, 1.807) is 11.0 Å². The van der Waals surface area contributed by atoms with E-state index in [2.05, 4.69) is 12.2 Å². The zero-order valence-corrected chi connectivity index (χ0v) is 13.3. The quantitative estimate of drug-likeness (QED) is 0.928. The number of nitrogens with one attached hydrogen (secondary N) is 1. The molecule has 110 valence electrons. The summed E-state index contributed by atoms with van der Waals surface area (Å²) in [6.45, 7) is 3.59. The Bertz CT molecular complexity index is 493. The van der Waals surface area contributed by atoms with Crippen molar-refractivity contribution in [1.29, 1.82) is 0 Å². The van der Waals surface area contributed by atoms with Gasteiger partial charge < -0.3 is 10.2 Å². The summed E-state index contributed by atoms with van der Waals surface area (Å²) in [6.07, 6.45) is 2.24. The summed E-state index contributed by atoms with van der Waals surface area (Å²) in [5.41, 5.74) is 0.985. The second kappa shape index (κ2) is 6.79. The first-order chi connectivity index (χ1) is 9.49. The highest BCUT2D eigenvalue weighted by Crippen LogP contribution is 2.23. The van der Waals surface area contributed by atoms with Crippen LogP contribution >= 0.6 is 23.2 Å². The van der Waals surface area contributed by atoms with Gasteiger partial charge in [-0.1, -0.05) is 36.2 Å². The van der Waals surface area contributed by atoms with Gasteiger partial charge in [0.2, 0.25) is 5.91 Å². The maximum atomic E-state index is 12.5. The number of carbonyl (C=O) groups excluding carboxylic acids is 1. The molecule has 20 heavy (non-hydrogen) atoms. The molecular weight excluding hydrogens is 295 g/mol. The van der Waals surface area contributed by atoms with Gasteiger partial charge in [-0.2, -0.15) is 0 Å². The highest BCUT2D eigenvalue weighted by Gasteiger charge is 2.29. The van der Waals surface area contributed by atoms with Crippen LogP contribution in [-0.4, -0.2) is 30.4 Å². The van der Waals surface area contributed by atoms with Crippen LogP contribution in [0.1, 0.15) is 25.3 Å². The third-order valence-corrected chi connectivity index (χ3v) is 4.55. The second-order valence-corrected chi connectivity index (χ2v) is 6.31. The lowest BCUT2D eigenvalue weighted by Gasteiger charge is -2.32. The summed E-state index contributed by atoms with van der Waals surface area (Å²) in [6, 6.07) is 5.40. The fourth-order valence-electron chi connectivity index (χ4n) is 2.61. The van der Waals surface area contributed by atoms with Crippen LogP contribution in [-0.2, 0) is 11.3 Å². The molecule has 1 saturated heterocycles. The summed E-state index contributed by atoms with van der Waals surface area (Å²) >= 11 is 11.9. The number of rotatable bonds is 3. The number of hydrogen-bond acceptors (Lipinski definition) is 2. The lowest BCUT2D eigenvalue weighted by atomic mass is 9.92. The number of halogens is 2. The van der Waals surface area contributed by atoms with Crippen LogP contribution in [0.25, 0.3) is 0 Å². The number of hydrogen-bond donors (Lipinski definition) is 1. The SMILES string of the molecule is CC1CCCNC1C(=O)N(C)Cc1ccc(Cl)c(Cl)c1. The minimum absolute atomic E-state index is 0.0727. The minimum atomic E-state index is -0.0727. The second-order valence-electron chi connectivity index (χ2n) is 5.49. The Morgan fingerprint density at radius 2 is 2.15 bits per heavy atom. The van der Waals surface area contributed by atoms with E-state index in [9.17, 15) is 4.79 Å². The molecule has 1 aromatic carbocycles. The fourth-order valence-corrected chi connectivity index (χ4v) is 2.93. The van der Waals surface area contributed by atoms with Crippen molar-refractivity contribution in [1.82, 2.24) is 10.2 Å². The first kappa shape index (κ1) is 15.6. The minimum Gasteiger partial charge on any atom is -0.340 e. The van der Waals surface area contributed by atoms with E-state index in [0.717, 1.165) is 24.9 Å². The Labute approximate surface area is 130 Å². The van der Waals surface area contributed by atoms with Gasteiger partial charge >= 0.3 is 0 Å². The Balaban J connectivity index is 2.01. The third kappa shape index (κ3) is 3.66. The van der Waals surface area contributed by atoms with E-state index in [1.807, 2.05) is 19.2 Å². The summed E-state index contributed by atoms with van der Waals surface area (Å²) in [7, 11) is 1.83. The number of carbonyl (C=O) groups is 1. The van der Waals surface area contributed by atoms with E-state index in [4.69, 9.17) is 23.2 Å². The molecule has 2 rings (SSSR count). The molecule has 1 aliphatic rings. The smallest absolute Gasteiger partial charge is 0.240 e. The third-order valence-electron chi connectivity index (χ3n) is 3.82. The Morgan fingerprint density at radius 1 is 1.40 bits per heavy atom. The summed E-state index contributed by atoms with van der Waals surface area (Å²) in [5.74, 6) is 0.524. The Morgan fingerprint density at radius 3 is 2.80 bits per heavy atom. The molecule has 0 aliphatic carbocycles. The van der Waals surface area contributed by atoms with Crippen molar-refractivity contribution in [3.8, 4) is 0 Å². The molecule has 0 radical (unpaired) electrons. The van der Waals surface area contributed by atoms with Crippen LogP contribution in [0.15, 0.2) is 18.2 Å². The maximum absolute atomic E-state index is 12.5. The monoisotopic (exact) mass is 314 g/mol. The van der Waals surface area contributed by atoms with Crippen molar-refractivity contribution in [3.05, 3.63) is 33.8 Å². The van der Waals surface area contributed by atoms with Gasteiger partial charge in [0.15, 0.2) is 0 Å². The Hall–Kier alpha value is -0.770. The molecule has 1 N–H and O–H groups in total. The van der Waals surface area contributed by atoms with Gasteiger partial charge in [-0.3, -0.25) is 4.79 Å². The number of amides is 1. The zero-order valence-electron chi connectivity index (χ0n) is 11.8. The lowest BCUT2D eigenvalue weighted by molar-refractivity contribution is -0.134. The summed E-state index contributed by atoms with van der Waals surface area (Å²) < 4.78 is 0. The van der Waals surface area contributed by atoms with E-state index < -0.39 is 0 Å². The van der Waals surface area contributed by atoms with Crippen molar-refractivity contribution >= 4 is 29.1 Å². The summed E-state index contributed by atoms with van der Waals surface area (Å²) in [5, 5.41) is 4.37. The molecule has 0 aromatic heterocycles. The van der Waals surface area contributed by atoms with Gasteiger partial charge in [0, 0.05) is 13.6 Å². The number of nitrogens with zero attached hydrogens (tertiary/aromatic N) is 1. The molecular formula is C15H20Cl2N2O. The van der Waals surface area contributed by atoms with Crippen molar-refractivity contribution in [3.63, 3.8) is 0 Å². The normalized spacial score (nSPS) is 22.6. The van der Waals surface area contributed by atoms with Crippen molar-refractivity contribution < 1.29 is 4.79 Å². The molecule has 2 unspecified atom stereocenters. The van der Waals surface area contributed by atoms with E-state index in [1.165, 1.54) is 0 Å². The highest BCUT2D eigenvalue weighted by molar-refractivity contribution is 6.42. The van der Waals surface area contributed by atoms with Crippen molar-refractivity contribution in [2.24, 2.45) is 5.92 Å². The molecule has 0 saturated carbocycles. The maximum Gasteiger partial charge on any atom is 0.240 e. The largest absolute Gasteiger partial charge is 0.340 e. The number of likely N-dealkylation sites (N-methyl/N-ethyl adjacent to an activating group) is 1. The van der Waals surface area contributed by atoms with Crippen molar-refractivity contribution in [2.75, 3.05) is 13.6 Å². The predicted octanol–water partition coefficient (Wildman–Crippen LogP) is 3.34. The van der Waals surface area contributed by atoms with Crippen LogP contribution in [0.2, 0.25) is 10.0 Å². The molecule has 5 heteroatoms. The summed E-state index contributed by atoms with van der Waals surface area (Å²) in [4.78, 5) is 14.2. The zero-order chi connectivity index (χ0) is 14.7. The molecule has 0 bridgehead atoms. The number of piperidine rings is 1. The van der Waals surface area contributed by atoms with E-state index >= 15 is 0 Å². The van der Waals surface area contributed by atoms with Gasteiger partial charge in [0.05, 0.1) is 16.1 Å². The fraction of sp³-hybridized carbons (Fsp3) is 0.533. The standard InChI is InChI=1S/C15H20Cl2N2O/c1-10-4-3-7-18-14(10)15(20)19(2)9-11-5-6-12(16)13(17)8-11/h5-6,8,10,14,18H,3-4,7,9H2,1-2H3. The van der Waals surface area contributed by atoms with Gasteiger partial charge in [-0.15, -0.1) is 0 Å². The molecule has 1 heterocycles. The first-order valence-corrected chi connectivity index (χ1v) is 7.67. The molecule has 3 nitrogen and oxygen atoms in total. The Kier molecular flexibility index (Phi) is 5.30. The average molecular weight is 315 g/mol. The van der Waals surface area contributed by atoms with Gasteiger partial charge in [0.25, 0.3) is 0 Å². The predicted molar refractivity (Wildman–Crippen MR) is 83.1 cm³/mol. The molecule has 2 atom stereocenters. The first-order valence-electron chi connectivity index (χ1n) is 6.91. The van der Waals surface area contributed by atoms with Gasteiger partial charge in [0.1, 0.15) is 0 Å². The van der Waals surface area contributed by atoms with Crippen LogP contribution in [0.3, 0.4) is 0 Å². The van der Waals surface area contributed by atoms with Crippen molar-refractivity contribution in [2.45, 2.75) is 32.4 Å². The topological polar surface area (TPSA) is 32.3 Å². The van der Waals surface area contributed by atoms with Crippen LogP contribution < -0.4 is 5.32 Å². The van der Waals surface area contributed by atoms with Crippen LogP contribution in [0.4, 0.5) is 0 Å². The van der Waals surface area contributed by atoms with Gasteiger partial charge in [-0.05, 0) is 43.0 Å². The lowest BCUT2D eigenvalue weighted by Crippen LogP contribution is -2.51. The molecule has 1 aliphatic heterocycles. The molecule has 1 aromatic rings. The molecule has 1 fully saturated rings. The molecule has 1 amide bonds. The number of benzene rings is 1. The average Bonchev–Trinajstić information content (AvgIpc) is 2.42. The van der Waals surface area contributed by atoms with Gasteiger partial charge in [-0.25, -0.2) is 0 Å². The van der Waals surface area contributed by atoms with Crippen LogP contribution in [0, 0.1) is 5.92 Å². The van der Waals surface area contributed by atoms with Crippen LogP contribution in [0.5, 0.6) is 0 Å². The highest BCUT2D eigenvalue weighted by atomic mass is 35.5. The van der Waals surface area contributed by atoms with E-state index in [0.29, 0.717) is 22.5 Å². The van der Waals surface area contributed by atoms with E-state index in [-0.39, 0.29) is 11.9 Å². The molecule has 0 spiro atoms.